The Kier molecular flexibility index (Phi) is 5.88. The lowest BCUT2D eigenvalue weighted by atomic mass is 9.91. The van der Waals surface area contributed by atoms with Crippen LogP contribution in [0.5, 0.6) is 11.5 Å². The number of nitrogens with two attached hydrogens (primary N) is 1. The topological polar surface area (TPSA) is 47.7 Å². The lowest BCUT2D eigenvalue weighted by molar-refractivity contribution is 0.397. The van der Waals surface area contributed by atoms with Crippen molar-refractivity contribution in [3.63, 3.8) is 0 Å². The zero-order valence-corrected chi connectivity index (χ0v) is 14.4. The monoisotopic (exact) mass is 314 g/mol. The molecule has 0 amide bonds. The van der Waals surface area contributed by atoms with Gasteiger partial charge in [-0.25, -0.2) is 0 Å². The average Bonchev–Trinajstić information content (AvgIpc) is 2.59. The van der Waals surface area contributed by atoms with Crippen molar-refractivity contribution >= 4 is 5.69 Å². The fraction of sp³-hybridized carbons (Fsp3) is 0.368. The number of anilines is 1. The normalized spacial score (nSPS) is 11.9. The Morgan fingerprint density at radius 2 is 1.70 bits per heavy atom. The molecule has 0 heterocycles. The van der Waals surface area contributed by atoms with Gasteiger partial charge in [0.25, 0.3) is 0 Å². The second kappa shape index (κ2) is 7.88. The number of benzene rings is 2. The van der Waals surface area contributed by atoms with Gasteiger partial charge >= 0.3 is 0 Å². The molecule has 4 nitrogen and oxygen atoms in total. The van der Waals surface area contributed by atoms with Crippen molar-refractivity contribution in [2.45, 2.75) is 12.3 Å². The standard InChI is InChI=1S/C19H26N2O2/c1-21(2)17-7-5-14(6-8-17)16(13-20)11-15-12-18(22-3)9-10-19(15)23-4/h5-10,12,16H,11,13,20H2,1-4H3. The molecule has 0 spiro atoms. The van der Waals surface area contributed by atoms with Crippen LogP contribution in [0.1, 0.15) is 17.0 Å². The summed E-state index contributed by atoms with van der Waals surface area (Å²) < 4.78 is 10.8. The molecule has 1 atom stereocenters. The van der Waals surface area contributed by atoms with E-state index in [1.807, 2.05) is 32.3 Å². The molecule has 0 aromatic heterocycles. The maximum absolute atomic E-state index is 6.03. The van der Waals surface area contributed by atoms with Crippen LogP contribution in [-0.4, -0.2) is 34.9 Å². The highest BCUT2D eigenvalue weighted by molar-refractivity contribution is 5.47. The number of nitrogens with zero attached hydrogens (tertiary/aromatic N) is 1. The van der Waals surface area contributed by atoms with Crippen LogP contribution in [-0.2, 0) is 6.42 Å². The van der Waals surface area contributed by atoms with E-state index in [0.29, 0.717) is 6.54 Å². The Bertz CT molecular complexity index is 624. The zero-order chi connectivity index (χ0) is 16.8. The Morgan fingerprint density at radius 3 is 2.22 bits per heavy atom. The van der Waals surface area contributed by atoms with E-state index in [2.05, 4.69) is 29.2 Å². The van der Waals surface area contributed by atoms with Gasteiger partial charge in [-0.15, -0.1) is 0 Å². The van der Waals surface area contributed by atoms with E-state index < -0.39 is 0 Å². The smallest absolute Gasteiger partial charge is 0.122 e. The maximum atomic E-state index is 6.03. The molecule has 0 aliphatic rings. The van der Waals surface area contributed by atoms with Crippen LogP contribution in [0.4, 0.5) is 5.69 Å². The van der Waals surface area contributed by atoms with Crippen LogP contribution < -0.4 is 20.1 Å². The maximum Gasteiger partial charge on any atom is 0.122 e. The quantitative estimate of drug-likeness (QED) is 0.853. The Hall–Kier alpha value is -2.20. The average molecular weight is 314 g/mol. The van der Waals surface area contributed by atoms with Gasteiger partial charge in [0.2, 0.25) is 0 Å². The van der Waals surface area contributed by atoms with Crippen molar-refractivity contribution in [2.75, 3.05) is 39.8 Å². The van der Waals surface area contributed by atoms with Crippen LogP contribution in [0.15, 0.2) is 42.5 Å². The first-order valence-electron chi connectivity index (χ1n) is 7.77. The first-order valence-corrected chi connectivity index (χ1v) is 7.77. The predicted molar refractivity (Wildman–Crippen MR) is 95.8 cm³/mol. The second-order valence-corrected chi connectivity index (χ2v) is 5.80. The van der Waals surface area contributed by atoms with Crippen molar-refractivity contribution < 1.29 is 9.47 Å². The summed E-state index contributed by atoms with van der Waals surface area (Å²) in [5, 5.41) is 0. The largest absolute Gasteiger partial charge is 0.497 e. The number of ether oxygens (including phenoxy) is 2. The number of rotatable bonds is 7. The predicted octanol–water partition coefficient (Wildman–Crippen LogP) is 3.05. The summed E-state index contributed by atoms with van der Waals surface area (Å²) >= 11 is 0. The molecule has 0 aliphatic carbocycles. The number of hydrogen-bond acceptors (Lipinski definition) is 4. The summed E-state index contributed by atoms with van der Waals surface area (Å²) in [6, 6.07) is 14.4. The first-order chi connectivity index (χ1) is 11.1. The van der Waals surface area contributed by atoms with E-state index in [-0.39, 0.29) is 5.92 Å². The molecular formula is C19H26N2O2. The highest BCUT2D eigenvalue weighted by Gasteiger charge is 2.15. The summed E-state index contributed by atoms with van der Waals surface area (Å²) in [4.78, 5) is 2.09. The summed E-state index contributed by atoms with van der Waals surface area (Å²) in [6.45, 7) is 0.585. The Balaban J connectivity index is 2.25. The highest BCUT2D eigenvalue weighted by atomic mass is 16.5. The molecule has 2 rings (SSSR count). The van der Waals surface area contributed by atoms with Crippen molar-refractivity contribution in [3.05, 3.63) is 53.6 Å². The van der Waals surface area contributed by atoms with Crippen molar-refractivity contribution in [3.8, 4) is 11.5 Å². The first kappa shape index (κ1) is 17.2. The van der Waals surface area contributed by atoms with Gasteiger partial charge in [0.15, 0.2) is 0 Å². The van der Waals surface area contributed by atoms with Crippen molar-refractivity contribution in [1.82, 2.24) is 0 Å². The number of hydrogen-bond donors (Lipinski definition) is 1. The van der Waals surface area contributed by atoms with Gasteiger partial charge in [0.05, 0.1) is 14.2 Å². The molecule has 2 N–H and O–H groups in total. The van der Waals surface area contributed by atoms with Crippen LogP contribution in [0.2, 0.25) is 0 Å². The Morgan fingerprint density at radius 1 is 1.00 bits per heavy atom. The van der Waals surface area contributed by atoms with Crippen molar-refractivity contribution in [2.24, 2.45) is 5.73 Å². The molecule has 0 aliphatic heterocycles. The van der Waals surface area contributed by atoms with E-state index in [1.165, 1.54) is 11.3 Å². The third-order valence-corrected chi connectivity index (χ3v) is 4.12. The number of methoxy groups -OCH3 is 2. The van der Waals surface area contributed by atoms with Gasteiger partial charge in [-0.2, -0.15) is 0 Å². The molecule has 124 valence electrons. The lowest BCUT2D eigenvalue weighted by Crippen LogP contribution is -2.16. The van der Waals surface area contributed by atoms with E-state index >= 15 is 0 Å². The molecule has 1 unspecified atom stereocenters. The molecule has 4 heteroatoms. The fourth-order valence-electron chi connectivity index (χ4n) is 2.69. The Labute approximate surface area is 138 Å². The molecule has 23 heavy (non-hydrogen) atoms. The van der Waals surface area contributed by atoms with Crippen molar-refractivity contribution in [1.29, 1.82) is 0 Å². The fourth-order valence-corrected chi connectivity index (χ4v) is 2.69. The lowest BCUT2D eigenvalue weighted by Gasteiger charge is -2.19. The SMILES string of the molecule is COc1ccc(OC)c(CC(CN)c2ccc(N(C)C)cc2)c1. The molecule has 0 saturated heterocycles. The van der Waals surface area contributed by atoms with E-state index in [1.54, 1.807) is 14.2 Å². The van der Waals surface area contributed by atoms with E-state index in [9.17, 15) is 0 Å². The van der Waals surface area contributed by atoms with Crippen LogP contribution >= 0.6 is 0 Å². The van der Waals surface area contributed by atoms with Gasteiger partial charge in [-0.1, -0.05) is 12.1 Å². The van der Waals surface area contributed by atoms with Crippen LogP contribution in [0.3, 0.4) is 0 Å². The van der Waals surface area contributed by atoms with E-state index in [0.717, 1.165) is 23.5 Å². The molecule has 0 saturated carbocycles. The summed E-state index contributed by atoms with van der Waals surface area (Å²) in [7, 11) is 7.44. The van der Waals surface area contributed by atoms with Gasteiger partial charge in [0.1, 0.15) is 11.5 Å². The summed E-state index contributed by atoms with van der Waals surface area (Å²) in [5.41, 5.74) is 9.56. The molecule has 2 aromatic rings. The summed E-state index contributed by atoms with van der Waals surface area (Å²) in [5.74, 6) is 1.95. The minimum atomic E-state index is 0.243. The third-order valence-electron chi connectivity index (χ3n) is 4.12. The van der Waals surface area contributed by atoms with Gasteiger partial charge in [-0.3, -0.25) is 0 Å². The third kappa shape index (κ3) is 4.17. The van der Waals surface area contributed by atoms with Crippen LogP contribution in [0, 0.1) is 0 Å². The molecule has 0 fully saturated rings. The zero-order valence-electron chi connectivity index (χ0n) is 14.4. The van der Waals surface area contributed by atoms with Crippen LogP contribution in [0.25, 0.3) is 0 Å². The minimum Gasteiger partial charge on any atom is -0.497 e. The van der Waals surface area contributed by atoms with Gasteiger partial charge < -0.3 is 20.1 Å². The van der Waals surface area contributed by atoms with Gasteiger partial charge in [0, 0.05) is 25.7 Å². The second-order valence-electron chi connectivity index (χ2n) is 5.80. The molecule has 0 bridgehead atoms. The van der Waals surface area contributed by atoms with Gasteiger partial charge in [-0.05, 0) is 54.4 Å². The molecular weight excluding hydrogens is 288 g/mol. The molecule has 2 aromatic carbocycles. The molecule has 0 radical (unpaired) electrons. The summed E-state index contributed by atoms with van der Waals surface area (Å²) in [6.07, 6.45) is 0.818. The minimum absolute atomic E-state index is 0.243. The van der Waals surface area contributed by atoms with E-state index in [4.69, 9.17) is 15.2 Å². The highest BCUT2D eigenvalue weighted by Crippen LogP contribution is 2.30.